The summed E-state index contributed by atoms with van der Waals surface area (Å²) in [7, 11) is 0. The van der Waals surface area contributed by atoms with Crippen molar-refractivity contribution in [2.45, 2.75) is 45.2 Å². The average molecular weight is 341 g/mol. The van der Waals surface area contributed by atoms with Crippen LogP contribution in [0.5, 0.6) is 0 Å². The molecular weight excluding hydrogens is 314 g/mol. The van der Waals surface area contributed by atoms with Crippen LogP contribution in [0.25, 0.3) is 11.3 Å². The van der Waals surface area contributed by atoms with E-state index in [1.54, 1.807) is 6.20 Å². The lowest BCUT2D eigenvalue weighted by atomic mass is 10.0. The molecule has 0 aromatic carbocycles. The Hall–Kier alpha value is -2.21. The van der Waals surface area contributed by atoms with Crippen LogP contribution in [0, 0.1) is 0 Å². The minimum Gasteiger partial charge on any atom is -0.342 e. The fourth-order valence-corrected chi connectivity index (χ4v) is 3.04. The molecule has 3 heterocycles. The fourth-order valence-electron chi connectivity index (χ4n) is 3.04. The fraction of sp³-hybridized carbons (Fsp3) is 0.526. The van der Waals surface area contributed by atoms with Crippen LogP contribution >= 0.6 is 0 Å². The number of amides is 1. The first-order valence-electron chi connectivity index (χ1n) is 8.98. The zero-order valence-corrected chi connectivity index (χ0v) is 15.1. The lowest BCUT2D eigenvalue weighted by Crippen LogP contribution is -2.46. The Morgan fingerprint density at radius 2 is 2.12 bits per heavy atom. The standard InChI is InChI=1S/C19H27N5O/c1-19(2,22-13-18(25)24-9-3-4-10-24)7-11-23-14-17(21-15-23)16-6-5-8-20-12-16/h5-6,8,12,14-15,22H,3-4,7,9-11,13H2,1-2H3. The van der Waals surface area contributed by atoms with Gasteiger partial charge in [0.25, 0.3) is 0 Å². The zero-order valence-electron chi connectivity index (χ0n) is 15.1. The summed E-state index contributed by atoms with van der Waals surface area (Å²) in [5, 5.41) is 3.41. The third-order valence-corrected chi connectivity index (χ3v) is 4.76. The second-order valence-corrected chi connectivity index (χ2v) is 7.31. The third-order valence-electron chi connectivity index (χ3n) is 4.76. The van der Waals surface area contributed by atoms with Gasteiger partial charge in [0.15, 0.2) is 0 Å². The van der Waals surface area contributed by atoms with E-state index in [9.17, 15) is 4.79 Å². The summed E-state index contributed by atoms with van der Waals surface area (Å²) in [4.78, 5) is 22.7. The van der Waals surface area contributed by atoms with Crippen LogP contribution < -0.4 is 5.32 Å². The van der Waals surface area contributed by atoms with Crippen LogP contribution in [0.1, 0.15) is 33.1 Å². The first-order chi connectivity index (χ1) is 12.0. The number of nitrogens with zero attached hydrogens (tertiary/aromatic N) is 4. The molecule has 3 rings (SSSR count). The predicted octanol–water partition coefficient (Wildman–Crippen LogP) is 2.33. The normalized spacial score (nSPS) is 14.9. The van der Waals surface area contributed by atoms with E-state index in [4.69, 9.17) is 0 Å². The van der Waals surface area contributed by atoms with Crippen molar-refractivity contribution in [1.82, 2.24) is 24.8 Å². The van der Waals surface area contributed by atoms with Crippen molar-refractivity contribution in [2.75, 3.05) is 19.6 Å². The lowest BCUT2D eigenvalue weighted by molar-refractivity contribution is -0.129. The van der Waals surface area contributed by atoms with E-state index in [0.717, 1.165) is 50.2 Å². The molecule has 1 saturated heterocycles. The zero-order chi connectivity index (χ0) is 17.7. The van der Waals surface area contributed by atoms with Gasteiger partial charge in [0.1, 0.15) is 0 Å². The number of hydrogen-bond donors (Lipinski definition) is 1. The summed E-state index contributed by atoms with van der Waals surface area (Å²) in [5.74, 6) is 0.215. The Balaban J connectivity index is 1.48. The van der Waals surface area contributed by atoms with Gasteiger partial charge >= 0.3 is 0 Å². The summed E-state index contributed by atoms with van der Waals surface area (Å²) in [6.07, 6.45) is 10.7. The van der Waals surface area contributed by atoms with Crippen LogP contribution in [0.4, 0.5) is 0 Å². The van der Waals surface area contributed by atoms with Crippen LogP contribution in [0.3, 0.4) is 0 Å². The van der Waals surface area contributed by atoms with Crippen molar-refractivity contribution in [1.29, 1.82) is 0 Å². The predicted molar refractivity (Wildman–Crippen MR) is 98.0 cm³/mol. The van der Waals surface area contributed by atoms with Crippen LogP contribution in [0.15, 0.2) is 37.1 Å². The first kappa shape index (κ1) is 17.6. The highest BCUT2D eigenvalue weighted by atomic mass is 16.2. The molecule has 0 atom stereocenters. The number of carbonyl (C=O) groups is 1. The van der Waals surface area contributed by atoms with Gasteiger partial charge in [0.05, 0.1) is 18.6 Å². The molecule has 1 aliphatic rings. The number of aryl methyl sites for hydroxylation is 1. The van der Waals surface area contributed by atoms with Crippen molar-refractivity contribution in [3.63, 3.8) is 0 Å². The van der Waals surface area contributed by atoms with E-state index in [1.807, 2.05) is 35.8 Å². The highest BCUT2D eigenvalue weighted by Gasteiger charge is 2.22. The maximum Gasteiger partial charge on any atom is 0.236 e. The van der Waals surface area contributed by atoms with Gasteiger partial charge in [-0.1, -0.05) is 0 Å². The Labute approximate surface area is 149 Å². The number of pyridine rings is 1. The second kappa shape index (κ2) is 7.78. The highest BCUT2D eigenvalue weighted by molar-refractivity contribution is 5.78. The van der Waals surface area contributed by atoms with E-state index in [2.05, 4.69) is 33.7 Å². The molecule has 0 bridgehead atoms. The maximum absolute atomic E-state index is 12.2. The van der Waals surface area contributed by atoms with Gasteiger partial charge in [-0.05, 0) is 45.2 Å². The van der Waals surface area contributed by atoms with Crippen molar-refractivity contribution in [3.05, 3.63) is 37.1 Å². The van der Waals surface area contributed by atoms with Crippen LogP contribution in [0.2, 0.25) is 0 Å². The van der Waals surface area contributed by atoms with Crippen LogP contribution in [-0.4, -0.2) is 50.5 Å². The van der Waals surface area contributed by atoms with Crippen LogP contribution in [-0.2, 0) is 11.3 Å². The van der Waals surface area contributed by atoms with E-state index in [-0.39, 0.29) is 11.4 Å². The van der Waals surface area contributed by atoms with Crippen molar-refractivity contribution in [3.8, 4) is 11.3 Å². The number of imidazole rings is 1. The molecule has 0 saturated carbocycles. The number of nitrogens with one attached hydrogen (secondary N) is 1. The second-order valence-electron chi connectivity index (χ2n) is 7.31. The number of rotatable bonds is 7. The molecule has 25 heavy (non-hydrogen) atoms. The molecule has 0 spiro atoms. The molecular formula is C19H27N5O. The largest absolute Gasteiger partial charge is 0.342 e. The quantitative estimate of drug-likeness (QED) is 0.839. The van der Waals surface area contributed by atoms with E-state index < -0.39 is 0 Å². The van der Waals surface area contributed by atoms with Gasteiger partial charge in [-0.2, -0.15) is 0 Å². The molecule has 1 N–H and O–H groups in total. The molecule has 1 amide bonds. The molecule has 6 nitrogen and oxygen atoms in total. The summed E-state index contributed by atoms with van der Waals surface area (Å²) in [6.45, 7) is 7.37. The molecule has 0 radical (unpaired) electrons. The average Bonchev–Trinajstić information content (AvgIpc) is 3.31. The van der Waals surface area contributed by atoms with Gasteiger partial charge in [-0.25, -0.2) is 4.98 Å². The number of carbonyl (C=O) groups excluding carboxylic acids is 1. The van der Waals surface area contributed by atoms with Gasteiger partial charge in [0.2, 0.25) is 5.91 Å². The number of likely N-dealkylation sites (tertiary alicyclic amines) is 1. The van der Waals surface area contributed by atoms with Gasteiger partial charge < -0.3 is 14.8 Å². The highest BCUT2D eigenvalue weighted by Crippen LogP contribution is 2.17. The Bertz CT molecular complexity index is 689. The molecule has 1 fully saturated rings. The molecule has 0 aliphatic carbocycles. The van der Waals surface area contributed by atoms with Crippen molar-refractivity contribution < 1.29 is 4.79 Å². The molecule has 134 valence electrons. The van der Waals surface area contributed by atoms with E-state index in [1.165, 1.54) is 0 Å². The summed E-state index contributed by atoms with van der Waals surface area (Å²) in [5.41, 5.74) is 1.85. The van der Waals surface area contributed by atoms with E-state index in [0.29, 0.717) is 6.54 Å². The Morgan fingerprint density at radius 3 is 2.84 bits per heavy atom. The SMILES string of the molecule is CC(C)(CCn1cnc(-c2cccnc2)c1)NCC(=O)N1CCCC1. The third kappa shape index (κ3) is 4.89. The smallest absolute Gasteiger partial charge is 0.236 e. The number of aromatic nitrogens is 3. The van der Waals surface area contributed by atoms with Crippen molar-refractivity contribution in [2.24, 2.45) is 0 Å². The summed E-state index contributed by atoms with van der Waals surface area (Å²) in [6, 6.07) is 3.92. The minimum atomic E-state index is -0.103. The molecule has 6 heteroatoms. The molecule has 0 unspecified atom stereocenters. The summed E-state index contributed by atoms with van der Waals surface area (Å²) >= 11 is 0. The minimum absolute atomic E-state index is 0.103. The summed E-state index contributed by atoms with van der Waals surface area (Å²) < 4.78 is 2.09. The van der Waals surface area contributed by atoms with Crippen molar-refractivity contribution >= 4 is 5.91 Å². The first-order valence-corrected chi connectivity index (χ1v) is 8.98. The van der Waals surface area contributed by atoms with Gasteiger partial charge in [-0.15, -0.1) is 0 Å². The number of hydrogen-bond acceptors (Lipinski definition) is 4. The molecule has 2 aromatic heterocycles. The Morgan fingerprint density at radius 1 is 1.32 bits per heavy atom. The molecule has 1 aliphatic heterocycles. The van der Waals surface area contributed by atoms with Gasteiger partial charge in [0, 0.05) is 49.3 Å². The Kier molecular flexibility index (Phi) is 5.48. The topological polar surface area (TPSA) is 63.1 Å². The lowest BCUT2D eigenvalue weighted by Gasteiger charge is -2.27. The monoisotopic (exact) mass is 341 g/mol. The van der Waals surface area contributed by atoms with Gasteiger partial charge in [-0.3, -0.25) is 9.78 Å². The van der Waals surface area contributed by atoms with E-state index >= 15 is 0 Å². The molecule has 2 aromatic rings. The maximum atomic E-state index is 12.2.